The first-order chi connectivity index (χ1) is 9.04. The summed E-state index contributed by atoms with van der Waals surface area (Å²) in [5.74, 6) is 0.516. The largest absolute Gasteiger partial charge is 0.399 e. The first kappa shape index (κ1) is 12.4. The lowest BCUT2D eigenvalue weighted by Crippen LogP contribution is -2.13. The molecular weight excluding hydrogens is 282 g/mol. The van der Waals surface area contributed by atoms with E-state index >= 15 is 0 Å². The summed E-state index contributed by atoms with van der Waals surface area (Å²) in [6.07, 6.45) is 2.29. The topological polar surface area (TPSA) is 85.1 Å². The van der Waals surface area contributed by atoms with E-state index in [-0.39, 0.29) is 4.90 Å². The van der Waals surface area contributed by atoms with Gasteiger partial charge in [-0.1, -0.05) is 6.07 Å². The van der Waals surface area contributed by atoms with E-state index in [4.69, 9.17) is 5.73 Å². The number of nitrogens with zero attached hydrogens (tertiary/aromatic N) is 1. The SMILES string of the molecule is Nc1cccc(S(=O)(=O)Nc2nc(C3CC3)cs2)c1. The van der Waals surface area contributed by atoms with Gasteiger partial charge in [-0.3, -0.25) is 4.72 Å². The molecule has 1 saturated carbocycles. The van der Waals surface area contributed by atoms with Crippen LogP contribution in [0.2, 0.25) is 0 Å². The standard InChI is InChI=1S/C12H13N3O2S2/c13-9-2-1-3-10(6-9)19(16,17)15-12-14-11(7-18-12)8-4-5-8/h1-3,6-8H,4-5,13H2,(H,14,15). The molecule has 2 aromatic rings. The lowest BCUT2D eigenvalue weighted by atomic mass is 10.3. The van der Waals surface area contributed by atoms with Crippen molar-refractivity contribution in [3.8, 4) is 0 Å². The van der Waals surface area contributed by atoms with E-state index in [9.17, 15) is 8.42 Å². The number of aromatic nitrogens is 1. The Balaban J connectivity index is 1.84. The minimum atomic E-state index is -3.61. The molecule has 100 valence electrons. The highest BCUT2D eigenvalue weighted by atomic mass is 32.2. The number of nitrogens with two attached hydrogens (primary N) is 1. The second-order valence-electron chi connectivity index (χ2n) is 4.53. The molecule has 1 heterocycles. The molecule has 1 fully saturated rings. The van der Waals surface area contributed by atoms with Crippen LogP contribution in [0.3, 0.4) is 0 Å². The van der Waals surface area contributed by atoms with Crippen molar-refractivity contribution in [2.75, 3.05) is 10.5 Å². The molecule has 1 aliphatic rings. The summed E-state index contributed by atoms with van der Waals surface area (Å²) in [5.41, 5.74) is 6.99. The molecule has 19 heavy (non-hydrogen) atoms. The lowest BCUT2D eigenvalue weighted by molar-refractivity contribution is 0.601. The van der Waals surface area contributed by atoms with Crippen molar-refractivity contribution >= 4 is 32.2 Å². The highest BCUT2D eigenvalue weighted by molar-refractivity contribution is 7.93. The Labute approximate surface area is 115 Å². The van der Waals surface area contributed by atoms with Gasteiger partial charge in [0.05, 0.1) is 10.6 Å². The number of hydrogen-bond acceptors (Lipinski definition) is 5. The molecule has 0 unspecified atom stereocenters. The molecule has 0 saturated heterocycles. The molecule has 0 atom stereocenters. The van der Waals surface area contributed by atoms with Crippen LogP contribution in [-0.2, 0) is 10.0 Å². The van der Waals surface area contributed by atoms with Crippen LogP contribution < -0.4 is 10.5 Å². The molecule has 0 radical (unpaired) electrons. The quantitative estimate of drug-likeness (QED) is 0.848. The maximum atomic E-state index is 12.1. The van der Waals surface area contributed by atoms with Crippen LogP contribution in [0.1, 0.15) is 24.5 Å². The van der Waals surface area contributed by atoms with Gasteiger partial charge in [0.25, 0.3) is 10.0 Å². The lowest BCUT2D eigenvalue weighted by Gasteiger charge is -2.05. The Morgan fingerprint density at radius 3 is 2.84 bits per heavy atom. The van der Waals surface area contributed by atoms with Crippen LogP contribution in [0.5, 0.6) is 0 Å². The normalized spacial score (nSPS) is 15.4. The van der Waals surface area contributed by atoms with Gasteiger partial charge in [-0.15, -0.1) is 11.3 Å². The van der Waals surface area contributed by atoms with Crippen molar-refractivity contribution in [2.24, 2.45) is 0 Å². The van der Waals surface area contributed by atoms with E-state index in [0.717, 1.165) is 18.5 Å². The van der Waals surface area contributed by atoms with Crippen LogP contribution in [-0.4, -0.2) is 13.4 Å². The summed E-state index contributed by atoms with van der Waals surface area (Å²) in [6, 6.07) is 6.20. The third-order valence-electron chi connectivity index (χ3n) is 2.91. The van der Waals surface area contributed by atoms with E-state index in [1.54, 1.807) is 12.1 Å². The Kier molecular flexibility index (Phi) is 2.94. The van der Waals surface area contributed by atoms with Gasteiger partial charge in [0, 0.05) is 17.0 Å². The van der Waals surface area contributed by atoms with Crippen LogP contribution >= 0.6 is 11.3 Å². The zero-order valence-corrected chi connectivity index (χ0v) is 11.7. The first-order valence-electron chi connectivity index (χ1n) is 5.88. The number of nitrogen functional groups attached to an aromatic ring is 1. The smallest absolute Gasteiger partial charge is 0.263 e. The zero-order chi connectivity index (χ0) is 13.5. The number of sulfonamides is 1. The molecule has 0 spiro atoms. The molecule has 3 rings (SSSR count). The van der Waals surface area contributed by atoms with E-state index < -0.39 is 10.0 Å². The number of hydrogen-bond donors (Lipinski definition) is 2. The average molecular weight is 295 g/mol. The van der Waals surface area contributed by atoms with Crippen molar-refractivity contribution in [1.82, 2.24) is 4.98 Å². The van der Waals surface area contributed by atoms with Crippen LogP contribution in [0.25, 0.3) is 0 Å². The van der Waals surface area contributed by atoms with Crippen LogP contribution in [0.4, 0.5) is 10.8 Å². The number of thiazole rings is 1. The summed E-state index contributed by atoms with van der Waals surface area (Å²) in [5, 5.41) is 2.32. The zero-order valence-electron chi connectivity index (χ0n) is 10.0. The fraction of sp³-hybridized carbons (Fsp3) is 0.250. The molecule has 1 aromatic heterocycles. The van der Waals surface area contributed by atoms with E-state index in [0.29, 0.717) is 16.7 Å². The Morgan fingerprint density at radius 2 is 2.16 bits per heavy atom. The van der Waals surface area contributed by atoms with Gasteiger partial charge in [-0.05, 0) is 31.0 Å². The van der Waals surface area contributed by atoms with Gasteiger partial charge >= 0.3 is 0 Å². The number of nitrogens with one attached hydrogen (secondary N) is 1. The van der Waals surface area contributed by atoms with Crippen molar-refractivity contribution in [2.45, 2.75) is 23.7 Å². The number of anilines is 2. The Bertz CT molecular complexity index is 705. The second kappa shape index (κ2) is 4.50. The highest BCUT2D eigenvalue weighted by Gasteiger charge is 2.26. The molecule has 0 amide bonds. The van der Waals surface area contributed by atoms with Gasteiger partial charge in [0.15, 0.2) is 5.13 Å². The molecule has 3 N–H and O–H groups in total. The van der Waals surface area contributed by atoms with Crippen LogP contribution in [0, 0.1) is 0 Å². The van der Waals surface area contributed by atoms with Gasteiger partial charge in [0.1, 0.15) is 0 Å². The third-order valence-corrected chi connectivity index (χ3v) is 5.15. The number of benzene rings is 1. The molecule has 0 bridgehead atoms. The fourth-order valence-corrected chi connectivity index (χ4v) is 3.85. The highest BCUT2D eigenvalue weighted by Crippen LogP contribution is 2.41. The van der Waals surface area contributed by atoms with Gasteiger partial charge in [0.2, 0.25) is 0 Å². The summed E-state index contributed by atoms with van der Waals surface area (Å²) in [4.78, 5) is 4.45. The monoisotopic (exact) mass is 295 g/mol. The van der Waals surface area contributed by atoms with E-state index in [1.165, 1.54) is 23.5 Å². The predicted molar refractivity (Wildman–Crippen MR) is 75.8 cm³/mol. The predicted octanol–water partition coefficient (Wildman–Crippen LogP) is 2.40. The summed E-state index contributed by atoms with van der Waals surface area (Å²) in [6.45, 7) is 0. The van der Waals surface area contributed by atoms with E-state index in [2.05, 4.69) is 9.71 Å². The molecule has 0 aliphatic heterocycles. The van der Waals surface area contributed by atoms with Crippen molar-refractivity contribution in [3.63, 3.8) is 0 Å². The summed E-state index contributed by atoms with van der Waals surface area (Å²) >= 11 is 1.31. The first-order valence-corrected chi connectivity index (χ1v) is 8.25. The van der Waals surface area contributed by atoms with Crippen molar-refractivity contribution < 1.29 is 8.42 Å². The summed E-state index contributed by atoms with van der Waals surface area (Å²) < 4.78 is 26.8. The van der Waals surface area contributed by atoms with Gasteiger partial charge in [-0.25, -0.2) is 13.4 Å². The minimum Gasteiger partial charge on any atom is -0.399 e. The average Bonchev–Trinajstić information content (AvgIpc) is 3.11. The fourth-order valence-electron chi connectivity index (χ4n) is 1.76. The Morgan fingerprint density at radius 1 is 1.37 bits per heavy atom. The van der Waals surface area contributed by atoms with Crippen molar-refractivity contribution in [3.05, 3.63) is 35.3 Å². The van der Waals surface area contributed by atoms with E-state index in [1.807, 2.05) is 5.38 Å². The minimum absolute atomic E-state index is 0.149. The molecule has 5 nitrogen and oxygen atoms in total. The van der Waals surface area contributed by atoms with Gasteiger partial charge in [-0.2, -0.15) is 0 Å². The van der Waals surface area contributed by atoms with Crippen molar-refractivity contribution in [1.29, 1.82) is 0 Å². The second-order valence-corrected chi connectivity index (χ2v) is 7.07. The number of rotatable bonds is 4. The van der Waals surface area contributed by atoms with Gasteiger partial charge < -0.3 is 5.73 Å². The molecule has 1 aromatic carbocycles. The maximum absolute atomic E-state index is 12.1. The molecule has 7 heteroatoms. The summed E-state index contributed by atoms with van der Waals surface area (Å²) in [7, 11) is -3.61. The Hall–Kier alpha value is -1.60. The molecular formula is C12H13N3O2S2. The maximum Gasteiger partial charge on any atom is 0.263 e. The van der Waals surface area contributed by atoms with Crippen LogP contribution in [0.15, 0.2) is 34.5 Å². The molecule has 1 aliphatic carbocycles. The third kappa shape index (κ3) is 2.71.